The van der Waals surface area contributed by atoms with E-state index in [-0.39, 0.29) is 11.5 Å². The smallest absolute Gasteiger partial charge is 0.410 e. The molecule has 7 heteroatoms. The average Bonchev–Trinajstić information content (AvgIpc) is 3.43. The summed E-state index contributed by atoms with van der Waals surface area (Å²) in [5.74, 6) is 0.976. The second kappa shape index (κ2) is 8.93. The zero-order valence-electron chi connectivity index (χ0n) is 19.2. The molecule has 1 aliphatic carbocycles. The first-order valence-electron chi connectivity index (χ1n) is 11.8. The van der Waals surface area contributed by atoms with Crippen molar-refractivity contribution >= 4 is 28.7 Å². The molecule has 0 N–H and O–H groups in total. The summed E-state index contributed by atoms with van der Waals surface area (Å²) in [7, 11) is 0. The molecule has 4 aromatic rings. The molecule has 0 radical (unpaired) electrons. The summed E-state index contributed by atoms with van der Waals surface area (Å²) in [4.78, 5) is 19.3. The number of furan rings is 1. The van der Waals surface area contributed by atoms with Crippen molar-refractivity contribution in [3.63, 3.8) is 0 Å². The Balaban J connectivity index is 1.08. The summed E-state index contributed by atoms with van der Waals surface area (Å²) in [6.45, 7) is 2.00. The maximum atomic E-state index is 12.6. The van der Waals surface area contributed by atoms with E-state index in [1.165, 1.54) is 0 Å². The summed E-state index contributed by atoms with van der Waals surface area (Å²) in [5.41, 5.74) is 3.71. The highest BCUT2D eigenvalue weighted by Gasteiger charge is 2.59. The molecule has 2 aromatic carbocycles. The summed E-state index contributed by atoms with van der Waals surface area (Å²) in [6, 6.07) is 21.3. The number of nitrogens with zero attached hydrogens (tertiary/aromatic N) is 2. The molecule has 35 heavy (non-hydrogen) atoms. The van der Waals surface area contributed by atoms with E-state index in [1.807, 2.05) is 65.6 Å². The lowest BCUT2D eigenvalue weighted by Crippen LogP contribution is -2.40. The lowest BCUT2D eigenvalue weighted by molar-refractivity contribution is 0.0856. The van der Waals surface area contributed by atoms with Gasteiger partial charge in [0.25, 0.3) is 0 Å². The number of pyridine rings is 1. The number of carbonyl (C=O) groups excluding carboxylic acids is 1. The van der Waals surface area contributed by atoms with Crippen molar-refractivity contribution in [2.45, 2.75) is 31.5 Å². The van der Waals surface area contributed by atoms with Crippen molar-refractivity contribution in [3.05, 3.63) is 94.8 Å². The Morgan fingerprint density at radius 1 is 1.09 bits per heavy atom. The van der Waals surface area contributed by atoms with Gasteiger partial charge in [-0.15, -0.1) is 0 Å². The molecule has 2 fully saturated rings. The number of benzene rings is 2. The number of carbonyl (C=O) groups is 1. The molecular weight excluding hydrogens is 464 g/mol. The van der Waals surface area contributed by atoms with Crippen LogP contribution in [0.1, 0.15) is 29.7 Å². The van der Waals surface area contributed by atoms with Crippen LogP contribution in [0, 0.1) is 5.92 Å². The van der Waals surface area contributed by atoms with E-state index in [0.717, 1.165) is 40.6 Å². The number of amides is 1. The van der Waals surface area contributed by atoms with Gasteiger partial charge < -0.3 is 18.8 Å². The fourth-order valence-corrected chi connectivity index (χ4v) is 5.37. The maximum Gasteiger partial charge on any atom is 0.410 e. The van der Waals surface area contributed by atoms with Crippen molar-refractivity contribution in [2.24, 2.45) is 5.92 Å². The normalized spacial score (nSPS) is 20.9. The highest BCUT2D eigenvalue weighted by molar-refractivity contribution is 6.35. The fourth-order valence-electron chi connectivity index (χ4n) is 5.16. The van der Waals surface area contributed by atoms with E-state index < -0.39 is 0 Å². The van der Waals surface area contributed by atoms with E-state index in [1.54, 1.807) is 6.26 Å². The highest BCUT2D eigenvalue weighted by atomic mass is 35.5. The molecule has 0 spiro atoms. The molecule has 1 saturated heterocycles. The molecule has 6 nitrogen and oxygen atoms in total. The van der Waals surface area contributed by atoms with Gasteiger partial charge in [0.2, 0.25) is 5.88 Å². The van der Waals surface area contributed by atoms with Gasteiger partial charge in [-0.05, 0) is 42.5 Å². The molecular formula is C28H25ClN2O4. The Labute approximate surface area is 208 Å². The lowest BCUT2D eigenvalue weighted by Gasteiger charge is -2.31. The number of hydrogen-bond donors (Lipinski definition) is 0. The van der Waals surface area contributed by atoms with E-state index in [9.17, 15) is 4.79 Å². The summed E-state index contributed by atoms with van der Waals surface area (Å²) < 4.78 is 17.2. The molecule has 2 aliphatic rings. The first-order valence-corrected chi connectivity index (χ1v) is 12.2. The predicted octanol–water partition coefficient (Wildman–Crippen LogP) is 6.36. The van der Waals surface area contributed by atoms with Crippen LogP contribution in [-0.4, -0.2) is 29.1 Å². The maximum absolute atomic E-state index is 12.6. The number of halogens is 1. The number of hydrogen-bond acceptors (Lipinski definition) is 5. The Hall–Kier alpha value is -3.51. The van der Waals surface area contributed by atoms with Crippen LogP contribution in [0.4, 0.5) is 4.79 Å². The molecule has 2 aromatic heterocycles. The molecule has 1 amide bonds. The first kappa shape index (κ1) is 22.0. The minimum Gasteiger partial charge on any atom is -0.473 e. The summed E-state index contributed by atoms with van der Waals surface area (Å²) in [6.07, 6.45) is 3.29. The Bertz CT molecular complexity index is 1370. The van der Waals surface area contributed by atoms with Crippen molar-refractivity contribution in [1.82, 2.24) is 9.88 Å². The van der Waals surface area contributed by atoms with Gasteiger partial charge in [-0.2, -0.15) is 0 Å². The topological polar surface area (TPSA) is 64.8 Å². The number of likely N-dealkylation sites (tertiary alicyclic amines) is 1. The quantitative estimate of drug-likeness (QED) is 0.316. The number of fused-ring (bicyclic) bond motifs is 2. The summed E-state index contributed by atoms with van der Waals surface area (Å²) in [5, 5.41) is 1.54. The van der Waals surface area contributed by atoms with Gasteiger partial charge in [0.15, 0.2) is 0 Å². The Morgan fingerprint density at radius 2 is 1.97 bits per heavy atom. The van der Waals surface area contributed by atoms with E-state index in [2.05, 4.69) is 6.07 Å². The zero-order valence-corrected chi connectivity index (χ0v) is 19.9. The minimum absolute atomic E-state index is 0.0180. The van der Waals surface area contributed by atoms with Crippen LogP contribution in [-0.2, 0) is 23.4 Å². The molecule has 2 atom stereocenters. The van der Waals surface area contributed by atoms with Crippen molar-refractivity contribution in [2.75, 3.05) is 13.1 Å². The monoisotopic (exact) mass is 488 g/mol. The second-order valence-electron chi connectivity index (χ2n) is 9.31. The van der Waals surface area contributed by atoms with Crippen LogP contribution in [0.25, 0.3) is 11.0 Å². The molecule has 6 rings (SSSR count). The Kier molecular flexibility index (Phi) is 5.61. The van der Waals surface area contributed by atoms with Crippen molar-refractivity contribution in [1.29, 1.82) is 0 Å². The van der Waals surface area contributed by atoms with Gasteiger partial charge in [0, 0.05) is 35.5 Å². The van der Waals surface area contributed by atoms with Crippen LogP contribution >= 0.6 is 11.6 Å². The highest BCUT2D eigenvalue weighted by Crippen LogP contribution is 2.58. The van der Waals surface area contributed by atoms with E-state index in [4.69, 9.17) is 30.5 Å². The molecule has 178 valence electrons. The Morgan fingerprint density at radius 3 is 2.83 bits per heavy atom. The van der Waals surface area contributed by atoms with Crippen LogP contribution < -0.4 is 4.74 Å². The van der Waals surface area contributed by atoms with Crippen LogP contribution in [0.15, 0.2) is 77.4 Å². The van der Waals surface area contributed by atoms with E-state index >= 15 is 0 Å². The third kappa shape index (κ3) is 4.23. The molecule has 1 saturated carbocycles. The number of ether oxygens (including phenoxy) is 2. The molecule has 2 unspecified atom stereocenters. The predicted molar refractivity (Wildman–Crippen MR) is 132 cm³/mol. The standard InChI is InChI=1S/C28H25ClN2O4/c29-23-10-9-20(26-22(23)11-14-33-26)18-34-25-8-4-7-24(30-25)28-12-13-31(16-21(28)15-28)27(32)35-17-19-5-2-1-3-6-19/h1-11,14,21H,12-13,15-18H2. The van der Waals surface area contributed by atoms with Gasteiger partial charge in [0.1, 0.15) is 18.8 Å². The zero-order chi connectivity index (χ0) is 23.8. The SMILES string of the molecule is O=C(OCc1ccccc1)N1CCC2(c3cccc(OCc4ccc(Cl)c5ccoc45)n3)CC2C1. The van der Waals surface area contributed by atoms with Gasteiger partial charge in [-0.3, -0.25) is 0 Å². The third-order valence-electron chi connectivity index (χ3n) is 7.22. The summed E-state index contributed by atoms with van der Waals surface area (Å²) >= 11 is 6.24. The first-order chi connectivity index (χ1) is 17.1. The van der Waals surface area contributed by atoms with Crippen molar-refractivity contribution in [3.8, 4) is 5.88 Å². The third-order valence-corrected chi connectivity index (χ3v) is 7.55. The molecule has 0 bridgehead atoms. The number of rotatable bonds is 6. The van der Waals surface area contributed by atoms with Gasteiger partial charge >= 0.3 is 6.09 Å². The number of aromatic nitrogens is 1. The van der Waals surface area contributed by atoms with Gasteiger partial charge in [-0.25, -0.2) is 9.78 Å². The minimum atomic E-state index is -0.244. The second-order valence-corrected chi connectivity index (χ2v) is 9.72. The number of piperidine rings is 1. The molecule has 1 aliphatic heterocycles. The van der Waals surface area contributed by atoms with E-state index in [0.29, 0.717) is 43.1 Å². The van der Waals surface area contributed by atoms with Crippen molar-refractivity contribution < 1.29 is 18.7 Å². The van der Waals surface area contributed by atoms with Gasteiger partial charge in [-0.1, -0.05) is 54.1 Å². The van der Waals surface area contributed by atoms with Gasteiger partial charge in [0.05, 0.1) is 17.0 Å². The average molecular weight is 489 g/mol. The van der Waals surface area contributed by atoms with Crippen LogP contribution in [0.5, 0.6) is 5.88 Å². The fraction of sp³-hybridized carbons (Fsp3) is 0.286. The van der Waals surface area contributed by atoms with Crippen LogP contribution in [0.3, 0.4) is 0 Å². The molecule has 3 heterocycles. The largest absolute Gasteiger partial charge is 0.473 e. The van der Waals surface area contributed by atoms with Crippen LogP contribution in [0.2, 0.25) is 5.02 Å². The lowest BCUT2D eigenvalue weighted by atomic mass is 9.91.